The summed E-state index contributed by atoms with van der Waals surface area (Å²) in [6.45, 7) is -0.411. The molecule has 1 aromatic heterocycles. The molecule has 0 radical (unpaired) electrons. The van der Waals surface area contributed by atoms with E-state index in [9.17, 15) is 9.59 Å². The third kappa shape index (κ3) is 4.40. The van der Waals surface area contributed by atoms with Gasteiger partial charge in [-0.15, -0.1) is 0 Å². The lowest BCUT2D eigenvalue weighted by Crippen LogP contribution is -2.16. The molecule has 1 amide bonds. The Bertz CT molecular complexity index is 979. The zero-order valence-corrected chi connectivity index (χ0v) is 14.1. The van der Waals surface area contributed by atoms with Gasteiger partial charge in [-0.25, -0.2) is 10.2 Å². The molecule has 0 bridgehead atoms. The summed E-state index contributed by atoms with van der Waals surface area (Å²) in [7, 11) is 0. The lowest BCUT2D eigenvalue weighted by molar-refractivity contribution is -0.139. The number of nitrogens with zero attached hydrogens (tertiary/aromatic N) is 1. The molecule has 2 N–H and O–H groups in total. The first-order valence-electron chi connectivity index (χ1n) is 7.48. The van der Waals surface area contributed by atoms with Gasteiger partial charge in [0.25, 0.3) is 0 Å². The van der Waals surface area contributed by atoms with Crippen LogP contribution in [0.2, 0.25) is 5.02 Å². The molecule has 0 aliphatic carbocycles. The molecule has 0 aliphatic rings. The summed E-state index contributed by atoms with van der Waals surface area (Å²) in [5.41, 5.74) is 3.63. The van der Waals surface area contributed by atoms with E-state index in [1.807, 2.05) is 0 Å². The molecule has 8 heteroatoms. The summed E-state index contributed by atoms with van der Waals surface area (Å²) in [6, 6.07) is 13.2. The predicted molar refractivity (Wildman–Crippen MR) is 95.9 cm³/mol. The molecular weight excluding hydrogens is 360 g/mol. The van der Waals surface area contributed by atoms with Gasteiger partial charge in [0.1, 0.15) is 11.3 Å². The van der Waals surface area contributed by atoms with Crippen LogP contribution in [0.1, 0.15) is 16.1 Å². The Kier molecular flexibility index (Phi) is 5.19. The van der Waals surface area contributed by atoms with Crippen molar-refractivity contribution in [3.63, 3.8) is 0 Å². The first kappa shape index (κ1) is 17.5. The van der Waals surface area contributed by atoms with Gasteiger partial charge in [-0.2, -0.15) is 5.10 Å². The maximum Gasteiger partial charge on any atom is 0.341 e. The van der Waals surface area contributed by atoms with Crippen LogP contribution in [0.5, 0.6) is 5.75 Å². The molecule has 3 aromatic rings. The Hall–Kier alpha value is -3.32. The molecule has 7 nitrogen and oxygen atoms in total. The summed E-state index contributed by atoms with van der Waals surface area (Å²) in [5.74, 6) is -0.993. The minimum absolute atomic E-state index is 0.122. The Morgan fingerprint density at radius 1 is 1.19 bits per heavy atom. The molecular formula is C18H13ClN2O5. The fraction of sp³-hybridized carbons (Fsp3) is 0.0556. The number of benzene rings is 2. The summed E-state index contributed by atoms with van der Waals surface area (Å²) in [4.78, 5) is 22.5. The maximum atomic E-state index is 12.1. The molecule has 0 atom stereocenters. The highest BCUT2D eigenvalue weighted by atomic mass is 35.5. The molecule has 0 saturated carbocycles. The number of furan rings is 1. The minimum atomic E-state index is -1.05. The van der Waals surface area contributed by atoms with Gasteiger partial charge in [0.15, 0.2) is 12.4 Å². The fourth-order valence-corrected chi connectivity index (χ4v) is 2.32. The van der Waals surface area contributed by atoms with Gasteiger partial charge >= 0.3 is 11.9 Å². The van der Waals surface area contributed by atoms with Gasteiger partial charge < -0.3 is 14.3 Å². The zero-order valence-electron chi connectivity index (χ0n) is 13.3. The number of carboxylic acid groups (broad SMARTS) is 1. The van der Waals surface area contributed by atoms with Crippen molar-refractivity contribution in [1.82, 2.24) is 5.43 Å². The van der Waals surface area contributed by atoms with E-state index in [0.717, 1.165) is 5.39 Å². The second-order valence-corrected chi connectivity index (χ2v) is 5.68. The number of carbonyl (C=O) groups is 2. The molecule has 26 heavy (non-hydrogen) atoms. The summed E-state index contributed by atoms with van der Waals surface area (Å²) in [6.07, 6.45) is 1.44. The smallest absolute Gasteiger partial charge is 0.341 e. The fourth-order valence-electron chi connectivity index (χ4n) is 2.14. The van der Waals surface area contributed by atoms with E-state index in [1.54, 1.807) is 48.5 Å². The van der Waals surface area contributed by atoms with Crippen LogP contribution in [0, 0.1) is 0 Å². The number of halogens is 1. The average molecular weight is 373 g/mol. The quantitative estimate of drug-likeness (QED) is 0.510. The van der Waals surface area contributed by atoms with Crippen molar-refractivity contribution in [3.8, 4) is 5.75 Å². The number of nitrogens with one attached hydrogen (secondary N) is 1. The van der Waals surface area contributed by atoms with E-state index < -0.39 is 18.5 Å². The van der Waals surface area contributed by atoms with Crippen LogP contribution in [0.4, 0.5) is 0 Å². The van der Waals surface area contributed by atoms with Crippen molar-refractivity contribution in [3.05, 3.63) is 64.9 Å². The van der Waals surface area contributed by atoms with Crippen LogP contribution in [0.25, 0.3) is 11.0 Å². The van der Waals surface area contributed by atoms with Crippen molar-refractivity contribution in [2.75, 3.05) is 6.61 Å². The second kappa shape index (κ2) is 7.71. The highest BCUT2D eigenvalue weighted by Gasteiger charge is 2.11. The Balaban J connectivity index is 1.60. The number of carboxylic acids is 1. The van der Waals surface area contributed by atoms with E-state index in [4.69, 9.17) is 25.9 Å². The number of hydrazone groups is 1. The molecule has 3 rings (SSSR count). The lowest BCUT2D eigenvalue weighted by Gasteiger charge is -2.02. The van der Waals surface area contributed by atoms with Gasteiger partial charge in [0.2, 0.25) is 0 Å². The van der Waals surface area contributed by atoms with Crippen LogP contribution in [0.3, 0.4) is 0 Å². The minimum Gasteiger partial charge on any atom is -0.482 e. The first-order valence-corrected chi connectivity index (χ1v) is 7.86. The predicted octanol–water partition coefficient (Wildman–Crippen LogP) is 3.31. The first-order chi connectivity index (χ1) is 12.5. The SMILES string of the molecule is O=C(O)COc1ccc(C=NNC(=O)c2cc3cc(Cl)ccc3o2)cc1. The maximum absolute atomic E-state index is 12.1. The number of hydrogen-bond donors (Lipinski definition) is 2. The third-order valence-corrected chi connectivity index (χ3v) is 3.56. The van der Waals surface area contributed by atoms with Gasteiger partial charge in [0.05, 0.1) is 6.21 Å². The molecule has 132 valence electrons. The topological polar surface area (TPSA) is 101 Å². The van der Waals surface area contributed by atoms with Gasteiger partial charge in [-0.05, 0) is 54.1 Å². The normalized spacial score (nSPS) is 11.0. The molecule has 0 fully saturated rings. The summed E-state index contributed by atoms with van der Waals surface area (Å²) in [5, 5.41) is 13.7. The monoisotopic (exact) mass is 372 g/mol. The number of fused-ring (bicyclic) bond motifs is 1. The highest BCUT2D eigenvalue weighted by Crippen LogP contribution is 2.22. The summed E-state index contributed by atoms with van der Waals surface area (Å²) >= 11 is 5.90. The molecule has 2 aromatic carbocycles. The number of rotatable bonds is 6. The largest absolute Gasteiger partial charge is 0.482 e. The van der Waals surface area contributed by atoms with Crippen LogP contribution in [-0.2, 0) is 4.79 Å². The highest BCUT2D eigenvalue weighted by molar-refractivity contribution is 6.31. The van der Waals surface area contributed by atoms with Crippen molar-refractivity contribution in [2.24, 2.45) is 5.10 Å². The van der Waals surface area contributed by atoms with E-state index in [2.05, 4.69) is 10.5 Å². The molecule has 0 saturated heterocycles. The van der Waals surface area contributed by atoms with Crippen molar-refractivity contribution in [1.29, 1.82) is 0 Å². The number of ether oxygens (including phenoxy) is 1. The van der Waals surface area contributed by atoms with Gasteiger partial charge in [0, 0.05) is 10.4 Å². The number of amides is 1. The third-order valence-electron chi connectivity index (χ3n) is 3.32. The van der Waals surface area contributed by atoms with Crippen LogP contribution >= 0.6 is 11.6 Å². The van der Waals surface area contributed by atoms with Crippen LogP contribution in [0.15, 0.2) is 58.0 Å². The Labute approximate surface area is 152 Å². The van der Waals surface area contributed by atoms with Gasteiger partial charge in [-0.3, -0.25) is 4.79 Å². The Morgan fingerprint density at radius 2 is 1.96 bits per heavy atom. The van der Waals surface area contributed by atoms with Crippen molar-refractivity contribution >= 4 is 40.7 Å². The number of aliphatic carboxylic acids is 1. The second-order valence-electron chi connectivity index (χ2n) is 5.24. The summed E-state index contributed by atoms with van der Waals surface area (Å²) < 4.78 is 10.5. The number of carbonyl (C=O) groups excluding carboxylic acids is 1. The van der Waals surface area contributed by atoms with Crippen molar-refractivity contribution < 1.29 is 23.8 Å². The molecule has 1 heterocycles. The van der Waals surface area contributed by atoms with Crippen LogP contribution < -0.4 is 10.2 Å². The molecule has 0 spiro atoms. The lowest BCUT2D eigenvalue weighted by atomic mass is 10.2. The standard InChI is InChI=1S/C18H13ClN2O5/c19-13-3-6-15-12(7-13)8-16(26-15)18(24)21-20-9-11-1-4-14(5-2-11)25-10-17(22)23/h1-9H,10H2,(H,21,24)(H,22,23). The van der Waals surface area contributed by atoms with Gasteiger partial charge in [-0.1, -0.05) is 11.6 Å². The van der Waals surface area contributed by atoms with E-state index in [0.29, 0.717) is 21.9 Å². The van der Waals surface area contributed by atoms with E-state index in [-0.39, 0.29) is 5.76 Å². The van der Waals surface area contributed by atoms with Crippen molar-refractivity contribution in [2.45, 2.75) is 0 Å². The van der Waals surface area contributed by atoms with Crippen LogP contribution in [-0.4, -0.2) is 29.8 Å². The zero-order chi connectivity index (χ0) is 18.5. The van der Waals surface area contributed by atoms with E-state index >= 15 is 0 Å². The average Bonchev–Trinajstić information content (AvgIpc) is 3.04. The molecule has 0 aliphatic heterocycles. The number of hydrogen-bond acceptors (Lipinski definition) is 5. The molecule has 0 unspecified atom stereocenters. The van der Waals surface area contributed by atoms with E-state index in [1.165, 1.54) is 6.21 Å². The Morgan fingerprint density at radius 3 is 2.69 bits per heavy atom.